The number of methoxy groups -OCH3 is 1. The van der Waals surface area contributed by atoms with Crippen molar-refractivity contribution in [3.63, 3.8) is 0 Å². The van der Waals surface area contributed by atoms with Crippen molar-refractivity contribution in [2.45, 2.75) is 38.1 Å². The van der Waals surface area contributed by atoms with E-state index in [0.717, 1.165) is 22.7 Å². The molecule has 3 nitrogen and oxygen atoms in total. The Hall–Kier alpha value is -0.580. The largest absolute Gasteiger partial charge is 0.497 e. The molecule has 4 heteroatoms. The zero-order valence-corrected chi connectivity index (χ0v) is 14.7. The van der Waals surface area contributed by atoms with E-state index in [1.165, 1.54) is 37.7 Å². The first-order chi connectivity index (χ1) is 10.2. The molecule has 1 atom stereocenters. The molecule has 1 unspecified atom stereocenters. The molecule has 0 heterocycles. The number of hydrogen-bond acceptors (Lipinski definition) is 3. The van der Waals surface area contributed by atoms with E-state index >= 15 is 0 Å². The molecule has 2 N–H and O–H groups in total. The molecule has 1 aromatic rings. The lowest BCUT2D eigenvalue weighted by Gasteiger charge is -2.33. The Balaban J connectivity index is 2.10. The SMILES string of the molecule is COc1ccc(Br)c(C(CN)N(C)CC2CCCCC2)c1. The highest BCUT2D eigenvalue weighted by Gasteiger charge is 2.22. The second-order valence-electron chi connectivity index (χ2n) is 6.08. The maximum Gasteiger partial charge on any atom is 0.119 e. The van der Waals surface area contributed by atoms with E-state index in [9.17, 15) is 0 Å². The van der Waals surface area contributed by atoms with Crippen molar-refractivity contribution in [1.82, 2.24) is 4.90 Å². The average molecular weight is 355 g/mol. The van der Waals surface area contributed by atoms with Crippen molar-refractivity contribution in [1.29, 1.82) is 0 Å². The van der Waals surface area contributed by atoms with Gasteiger partial charge >= 0.3 is 0 Å². The van der Waals surface area contributed by atoms with Crippen LogP contribution in [-0.4, -0.2) is 32.1 Å². The summed E-state index contributed by atoms with van der Waals surface area (Å²) in [6, 6.07) is 6.35. The molecule has 0 bridgehead atoms. The number of rotatable bonds is 6. The molecule has 0 spiro atoms. The quantitative estimate of drug-likeness (QED) is 0.839. The average Bonchev–Trinajstić information content (AvgIpc) is 2.51. The van der Waals surface area contributed by atoms with Crippen LogP contribution in [0, 0.1) is 5.92 Å². The lowest BCUT2D eigenvalue weighted by molar-refractivity contribution is 0.185. The van der Waals surface area contributed by atoms with Crippen molar-refractivity contribution < 1.29 is 4.74 Å². The molecular weight excluding hydrogens is 328 g/mol. The van der Waals surface area contributed by atoms with Crippen molar-refractivity contribution in [2.24, 2.45) is 11.7 Å². The van der Waals surface area contributed by atoms with E-state index in [4.69, 9.17) is 10.5 Å². The van der Waals surface area contributed by atoms with Crippen LogP contribution in [0.3, 0.4) is 0 Å². The second kappa shape index (κ2) is 8.16. The first-order valence-electron chi connectivity index (χ1n) is 7.89. The van der Waals surface area contributed by atoms with Crippen molar-refractivity contribution >= 4 is 15.9 Å². The van der Waals surface area contributed by atoms with Crippen molar-refractivity contribution in [2.75, 3.05) is 27.2 Å². The number of benzene rings is 1. The minimum atomic E-state index is 0.233. The number of halogens is 1. The molecule has 1 saturated carbocycles. The van der Waals surface area contributed by atoms with Crippen LogP contribution in [0.1, 0.15) is 43.7 Å². The first-order valence-corrected chi connectivity index (χ1v) is 8.68. The van der Waals surface area contributed by atoms with E-state index in [0.29, 0.717) is 6.54 Å². The molecule has 1 aliphatic carbocycles. The summed E-state index contributed by atoms with van der Waals surface area (Å²) in [5.41, 5.74) is 7.29. The van der Waals surface area contributed by atoms with Crippen molar-refractivity contribution in [3.05, 3.63) is 28.2 Å². The van der Waals surface area contributed by atoms with Gasteiger partial charge in [-0.05, 0) is 49.6 Å². The van der Waals surface area contributed by atoms with Crippen LogP contribution < -0.4 is 10.5 Å². The Labute approximate surface area is 137 Å². The summed E-state index contributed by atoms with van der Waals surface area (Å²) in [5.74, 6) is 1.71. The maximum atomic E-state index is 6.07. The fourth-order valence-corrected chi connectivity index (χ4v) is 3.86. The lowest BCUT2D eigenvalue weighted by atomic mass is 9.88. The normalized spacial score (nSPS) is 18.0. The number of likely N-dealkylation sites (N-methyl/N-ethyl adjacent to an activating group) is 1. The van der Waals surface area contributed by atoms with Crippen molar-refractivity contribution in [3.8, 4) is 5.75 Å². The number of nitrogens with zero attached hydrogens (tertiary/aromatic N) is 1. The van der Waals surface area contributed by atoms with Gasteiger partial charge in [0.15, 0.2) is 0 Å². The Morgan fingerprint density at radius 3 is 2.67 bits per heavy atom. The Morgan fingerprint density at radius 2 is 2.05 bits per heavy atom. The molecule has 0 amide bonds. The van der Waals surface area contributed by atoms with Gasteiger partial charge in [-0.15, -0.1) is 0 Å². The van der Waals surface area contributed by atoms with Crippen LogP contribution in [0.5, 0.6) is 5.75 Å². The first kappa shape index (κ1) is 16.8. The molecule has 1 aromatic carbocycles. The molecule has 21 heavy (non-hydrogen) atoms. The predicted molar refractivity (Wildman–Crippen MR) is 91.7 cm³/mol. The highest BCUT2D eigenvalue weighted by atomic mass is 79.9. The van der Waals surface area contributed by atoms with Crippen LogP contribution >= 0.6 is 15.9 Å². The van der Waals surface area contributed by atoms with Crippen LogP contribution in [-0.2, 0) is 0 Å². The standard InChI is InChI=1S/C17H27BrN2O/c1-20(12-13-6-4-3-5-7-13)17(11-19)15-10-14(21-2)8-9-16(15)18/h8-10,13,17H,3-7,11-12,19H2,1-2H3. The maximum absolute atomic E-state index is 6.07. The van der Waals surface area contributed by atoms with Gasteiger partial charge < -0.3 is 10.5 Å². The van der Waals surface area contributed by atoms with Crippen LogP contribution in [0.2, 0.25) is 0 Å². The molecule has 1 fully saturated rings. The number of ether oxygens (including phenoxy) is 1. The minimum absolute atomic E-state index is 0.233. The third-order valence-electron chi connectivity index (χ3n) is 4.59. The fourth-order valence-electron chi connectivity index (χ4n) is 3.35. The summed E-state index contributed by atoms with van der Waals surface area (Å²) < 4.78 is 6.46. The summed E-state index contributed by atoms with van der Waals surface area (Å²) in [5, 5.41) is 0. The molecule has 0 saturated heterocycles. The highest BCUT2D eigenvalue weighted by molar-refractivity contribution is 9.10. The summed E-state index contributed by atoms with van der Waals surface area (Å²) in [6.45, 7) is 1.75. The predicted octanol–water partition coefficient (Wildman–Crippen LogP) is 3.97. The third-order valence-corrected chi connectivity index (χ3v) is 5.31. The van der Waals surface area contributed by atoms with Gasteiger partial charge in [-0.2, -0.15) is 0 Å². The van der Waals surface area contributed by atoms with Gasteiger partial charge in [-0.3, -0.25) is 4.90 Å². The molecule has 2 rings (SSSR count). The highest BCUT2D eigenvalue weighted by Crippen LogP contribution is 2.32. The van der Waals surface area contributed by atoms with Crippen LogP contribution in [0.15, 0.2) is 22.7 Å². The zero-order valence-electron chi connectivity index (χ0n) is 13.1. The zero-order chi connectivity index (χ0) is 15.2. The van der Waals surface area contributed by atoms with Crippen LogP contribution in [0.4, 0.5) is 0 Å². The third kappa shape index (κ3) is 4.44. The molecule has 118 valence electrons. The van der Waals surface area contributed by atoms with E-state index in [1.807, 2.05) is 12.1 Å². The van der Waals surface area contributed by atoms with Gasteiger partial charge in [0.25, 0.3) is 0 Å². The molecule has 0 radical (unpaired) electrons. The van der Waals surface area contributed by atoms with Gasteiger partial charge in [0.2, 0.25) is 0 Å². The Bertz CT molecular complexity index is 446. The summed E-state index contributed by atoms with van der Waals surface area (Å²) in [7, 11) is 3.90. The van der Waals surface area contributed by atoms with E-state index in [2.05, 4.69) is 33.9 Å². The number of nitrogens with two attached hydrogens (primary N) is 1. The fraction of sp³-hybridized carbons (Fsp3) is 0.647. The molecular formula is C17H27BrN2O. The van der Waals surface area contributed by atoms with Gasteiger partial charge in [0, 0.05) is 23.6 Å². The summed E-state index contributed by atoms with van der Waals surface area (Å²) in [6.07, 6.45) is 6.90. The monoisotopic (exact) mass is 354 g/mol. The summed E-state index contributed by atoms with van der Waals surface area (Å²) in [4.78, 5) is 2.41. The summed E-state index contributed by atoms with van der Waals surface area (Å²) >= 11 is 3.66. The molecule has 0 aliphatic heterocycles. The molecule has 1 aliphatic rings. The van der Waals surface area contributed by atoms with Gasteiger partial charge in [-0.1, -0.05) is 35.2 Å². The minimum Gasteiger partial charge on any atom is -0.497 e. The second-order valence-corrected chi connectivity index (χ2v) is 6.94. The van der Waals surface area contributed by atoms with Gasteiger partial charge in [0.05, 0.1) is 7.11 Å². The van der Waals surface area contributed by atoms with Gasteiger partial charge in [0.1, 0.15) is 5.75 Å². The van der Waals surface area contributed by atoms with E-state index in [-0.39, 0.29) is 6.04 Å². The molecule has 0 aromatic heterocycles. The lowest BCUT2D eigenvalue weighted by Crippen LogP contribution is -2.35. The number of hydrogen-bond donors (Lipinski definition) is 1. The Kier molecular flexibility index (Phi) is 6.52. The topological polar surface area (TPSA) is 38.5 Å². The Morgan fingerprint density at radius 1 is 1.33 bits per heavy atom. The smallest absolute Gasteiger partial charge is 0.119 e. The van der Waals surface area contributed by atoms with E-state index in [1.54, 1.807) is 7.11 Å². The van der Waals surface area contributed by atoms with Gasteiger partial charge in [-0.25, -0.2) is 0 Å². The van der Waals surface area contributed by atoms with Crippen LogP contribution in [0.25, 0.3) is 0 Å². The van der Waals surface area contributed by atoms with E-state index < -0.39 is 0 Å².